The Balaban J connectivity index is 6.97. The van der Waals surface area contributed by atoms with Gasteiger partial charge in [0.15, 0.2) is 5.78 Å². The van der Waals surface area contributed by atoms with E-state index in [0.29, 0.717) is 25.7 Å². The molecule has 9 heteroatoms. The number of unbranched alkanes of at least 4 members (excludes halogenated alkanes) is 6. The van der Waals surface area contributed by atoms with Gasteiger partial charge in [-0.25, -0.2) is 0 Å². The molecule has 2 unspecified atom stereocenters. The lowest BCUT2D eigenvalue weighted by atomic mass is 9.81. The van der Waals surface area contributed by atoms with Crippen molar-refractivity contribution in [2.24, 2.45) is 0 Å². The molecule has 0 saturated heterocycles. The summed E-state index contributed by atoms with van der Waals surface area (Å²) >= 11 is 0. The minimum atomic E-state index is -3.41. The standard InChI is InChI=1S/C25H54O7Si2/c1-11-15-17-19-21-24(13-3,33(27-5,28-6)29-7)23(26)25(14-4,22-20-18-16-12-2)34(30-8,31-9)32-10/h11-22H2,1-10H3. The Kier molecular flexibility index (Phi) is 16.5. The largest absolute Gasteiger partial charge is 0.514 e. The van der Waals surface area contributed by atoms with Gasteiger partial charge in [0.1, 0.15) is 0 Å². The third-order valence-corrected chi connectivity index (χ3v) is 15.0. The lowest BCUT2D eigenvalue weighted by Crippen LogP contribution is -2.65. The van der Waals surface area contributed by atoms with Crippen LogP contribution in [0.15, 0.2) is 0 Å². The van der Waals surface area contributed by atoms with E-state index in [4.69, 9.17) is 26.6 Å². The van der Waals surface area contributed by atoms with Crippen molar-refractivity contribution in [1.82, 2.24) is 0 Å². The zero-order chi connectivity index (χ0) is 26.3. The van der Waals surface area contributed by atoms with Gasteiger partial charge in [-0.3, -0.25) is 4.79 Å². The number of carbonyl (C=O) groups excluding carboxylic acids is 1. The first-order valence-electron chi connectivity index (χ1n) is 13.1. The van der Waals surface area contributed by atoms with Crippen LogP contribution < -0.4 is 0 Å². The van der Waals surface area contributed by atoms with Gasteiger partial charge >= 0.3 is 17.6 Å². The maximum absolute atomic E-state index is 15.1. The molecule has 0 aliphatic carbocycles. The van der Waals surface area contributed by atoms with E-state index in [1.165, 1.54) is 0 Å². The smallest absolute Gasteiger partial charge is 0.376 e. The van der Waals surface area contributed by atoms with Gasteiger partial charge in [-0.15, -0.1) is 0 Å². The summed E-state index contributed by atoms with van der Waals surface area (Å²) in [6.45, 7) is 8.46. The van der Waals surface area contributed by atoms with E-state index in [2.05, 4.69) is 13.8 Å². The SMILES string of the molecule is CCCCCCC(CC)(C(=O)C(CC)(CCCCCC)[Si](OC)(OC)OC)[Si](OC)(OC)OC. The van der Waals surface area contributed by atoms with Gasteiger partial charge in [0.05, 0.1) is 10.1 Å². The zero-order valence-corrected chi connectivity index (χ0v) is 25.8. The third-order valence-electron chi connectivity index (χ3n) is 7.78. The molecule has 0 aromatic carbocycles. The van der Waals surface area contributed by atoms with Crippen molar-refractivity contribution in [3.63, 3.8) is 0 Å². The first kappa shape index (κ1) is 33.9. The predicted molar refractivity (Wildman–Crippen MR) is 142 cm³/mol. The Bertz CT molecular complexity index is 493. The van der Waals surface area contributed by atoms with Crippen molar-refractivity contribution in [3.05, 3.63) is 0 Å². The number of carbonyl (C=O) groups is 1. The monoisotopic (exact) mass is 522 g/mol. The summed E-state index contributed by atoms with van der Waals surface area (Å²) in [6, 6.07) is 0. The summed E-state index contributed by atoms with van der Waals surface area (Å²) in [5.74, 6) is 0.0624. The van der Waals surface area contributed by atoms with E-state index in [9.17, 15) is 0 Å². The second kappa shape index (κ2) is 16.6. The average molecular weight is 523 g/mol. The van der Waals surface area contributed by atoms with Crippen molar-refractivity contribution in [2.75, 3.05) is 42.7 Å². The minimum Gasteiger partial charge on any atom is -0.376 e. The first-order chi connectivity index (χ1) is 16.3. The van der Waals surface area contributed by atoms with E-state index >= 15 is 4.79 Å². The van der Waals surface area contributed by atoms with Crippen LogP contribution in [0.5, 0.6) is 0 Å². The van der Waals surface area contributed by atoms with Gasteiger partial charge in [0.25, 0.3) is 0 Å². The van der Waals surface area contributed by atoms with E-state index in [1.807, 2.05) is 13.8 Å². The van der Waals surface area contributed by atoms with Crippen LogP contribution in [0.3, 0.4) is 0 Å². The van der Waals surface area contributed by atoms with Gasteiger partial charge in [0.2, 0.25) is 0 Å². The highest BCUT2D eigenvalue weighted by Crippen LogP contribution is 2.60. The number of ketones is 1. The Morgan fingerprint density at radius 3 is 1.03 bits per heavy atom. The molecule has 0 rings (SSSR count). The molecule has 0 N–H and O–H groups in total. The molecule has 0 fully saturated rings. The van der Waals surface area contributed by atoms with Crippen LogP contribution in [0, 0.1) is 0 Å². The fourth-order valence-corrected chi connectivity index (χ4v) is 12.1. The van der Waals surface area contributed by atoms with Gasteiger partial charge < -0.3 is 26.6 Å². The van der Waals surface area contributed by atoms with Crippen molar-refractivity contribution in [3.8, 4) is 0 Å². The second-order valence-corrected chi connectivity index (χ2v) is 15.7. The first-order valence-corrected chi connectivity index (χ1v) is 16.6. The normalized spacial score (nSPS) is 16.3. The highest BCUT2D eigenvalue weighted by Gasteiger charge is 2.72. The minimum absolute atomic E-state index is 0.0624. The summed E-state index contributed by atoms with van der Waals surface area (Å²) < 4.78 is 36.2. The quantitative estimate of drug-likeness (QED) is 0.118. The van der Waals surface area contributed by atoms with Crippen LogP contribution in [0.2, 0.25) is 10.1 Å². The van der Waals surface area contributed by atoms with Crippen LogP contribution in [0.25, 0.3) is 0 Å². The Morgan fingerprint density at radius 2 is 0.824 bits per heavy atom. The fraction of sp³-hybridized carbons (Fsp3) is 0.960. The van der Waals surface area contributed by atoms with Crippen molar-refractivity contribution in [2.45, 2.75) is 115 Å². The summed E-state index contributed by atoms with van der Waals surface area (Å²) in [7, 11) is 2.79. The molecule has 7 nitrogen and oxygen atoms in total. The molecule has 204 valence electrons. The highest BCUT2D eigenvalue weighted by atomic mass is 28.4. The van der Waals surface area contributed by atoms with Gasteiger partial charge in [-0.05, 0) is 25.7 Å². The molecule has 0 spiro atoms. The van der Waals surface area contributed by atoms with Crippen LogP contribution in [0.4, 0.5) is 0 Å². The Labute approximate surface area is 212 Å². The molecular formula is C25H54O7Si2. The molecule has 0 heterocycles. The number of hydrogen-bond donors (Lipinski definition) is 0. The molecule has 0 radical (unpaired) electrons. The topological polar surface area (TPSA) is 72.5 Å². The Morgan fingerprint density at radius 1 is 0.529 bits per heavy atom. The Hall–Kier alpha value is -0.136. The molecule has 0 aliphatic heterocycles. The maximum Gasteiger partial charge on any atom is 0.514 e. The molecule has 0 bridgehead atoms. The number of rotatable bonds is 22. The summed E-state index contributed by atoms with van der Waals surface area (Å²) in [6.07, 6.45) is 10.8. The van der Waals surface area contributed by atoms with Gasteiger partial charge in [-0.2, -0.15) is 0 Å². The predicted octanol–water partition coefficient (Wildman–Crippen LogP) is 6.55. The van der Waals surface area contributed by atoms with Crippen LogP contribution in [-0.2, 0) is 31.4 Å². The molecule has 0 aromatic rings. The van der Waals surface area contributed by atoms with Crippen LogP contribution >= 0.6 is 0 Å². The van der Waals surface area contributed by atoms with E-state index in [-0.39, 0.29) is 5.78 Å². The fourth-order valence-electron chi connectivity index (χ4n) is 5.76. The van der Waals surface area contributed by atoms with Gasteiger partial charge in [0, 0.05) is 42.7 Å². The molecule has 0 aliphatic rings. The summed E-state index contributed by atoms with van der Waals surface area (Å²) in [5.41, 5.74) is 0. The molecule has 0 amide bonds. The molecule has 0 saturated carbocycles. The lowest BCUT2D eigenvalue weighted by Gasteiger charge is -2.50. The molecule has 0 aromatic heterocycles. The molecule has 34 heavy (non-hydrogen) atoms. The van der Waals surface area contributed by atoms with E-state index in [1.54, 1.807) is 42.7 Å². The van der Waals surface area contributed by atoms with Crippen LogP contribution in [0.1, 0.15) is 105 Å². The summed E-state index contributed by atoms with van der Waals surface area (Å²) in [5, 5.41) is -1.85. The number of hydrogen-bond acceptors (Lipinski definition) is 7. The summed E-state index contributed by atoms with van der Waals surface area (Å²) in [4.78, 5) is 15.1. The van der Waals surface area contributed by atoms with Crippen LogP contribution in [-0.4, -0.2) is 66.1 Å². The van der Waals surface area contributed by atoms with Gasteiger partial charge in [-0.1, -0.05) is 79.1 Å². The van der Waals surface area contributed by atoms with Crippen molar-refractivity contribution >= 4 is 23.4 Å². The number of Topliss-reactive ketones (excluding diaryl/α,β-unsaturated/α-hetero) is 1. The zero-order valence-electron chi connectivity index (χ0n) is 23.8. The second-order valence-electron chi connectivity index (χ2n) is 9.16. The molecule has 2 atom stereocenters. The van der Waals surface area contributed by atoms with Crippen molar-refractivity contribution < 1.29 is 31.4 Å². The molecular weight excluding hydrogens is 468 g/mol. The third kappa shape index (κ3) is 6.59. The highest BCUT2D eigenvalue weighted by molar-refractivity contribution is 6.74. The van der Waals surface area contributed by atoms with E-state index < -0.39 is 27.7 Å². The average Bonchev–Trinajstić information content (AvgIpc) is 2.88. The van der Waals surface area contributed by atoms with E-state index in [0.717, 1.165) is 51.4 Å². The lowest BCUT2D eigenvalue weighted by molar-refractivity contribution is -0.131. The maximum atomic E-state index is 15.1. The van der Waals surface area contributed by atoms with Crippen molar-refractivity contribution in [1.29, 1.82) is 0 Å².